The van der Waals surface area contributed by atoms with Gasteiger partial charge in [0.2, 0.25) is 0 Å². The van der Waals surface area contributed by atoms with Crippen molar-refractivity contribution < 1.29 is 9.90 Å². The minimum Gasteiger partial charge on any atom is -0.381 e. The number of nitrogens with one attached hydrogen (secondary N) is 1. The van der Waals surface area contributed by atoms with Crippen LogP contribution >= 0.6 is 0 Å². The van der Waals surface area contributed by atoms with E-state index in [0.29, 0.717) is 6.54 Å². The van der Waals surface area contributed by atoms with Crippen molar-refractivity contribution in [2.24, 2.45) is 0 Å². The van der Waals surface area contributed by atoms with Crippen LogP contribution in [-0.4, -0.2) is 47.7 Å². The molecule has 1 amide bonds. The van der Waals surface area contributed by atoms with Crippen LogP contribution in [0, 0.1) is 0 Å². The predicted octanol–water partition coefficient (Wildman–Crippen LogP) is 0.605. The van der Waals surface area contributed by atoms with Gasteiger partial charge in [0.15, 0.2) is 0 Å². The second-order valence-electron chi connectivity index (χ2n) is 4.20. The summed E-state index contributed by atoms with van der Waals surface area (Å²) in [5.41, 5.74) is -1.27. The summed E-state index contributed by atoms with van der Waals surface area (Å²) in [7, 11) is 0. The third kappa shape index (κ3) is 6.47. The average molecular weight is 216 g/mol. The van der Waals surface area contributed by atoms with Crippen molar-refractivity contribution in [1.82, 2.24) is 10.2 Å². The van der Waals surface area contributed by atoms with Crippen molar-refractivity contribution in [3.63, 3.8) is 0 Å². The summed E-state index contributed by atoms with van der Waals surface area (Å²) in [6.07, 6.45) is 0.920. The number of aliphatic hydroxyl groups is 1. The molecule has 0 heterocycles. The molecule has 0 aliphatic rings. The lowest BCUT2D eigenvalue weighted by Gasteiger charge is -2.19. The molecule has 0 saturated heterocycles. The molecule has 0 aromatic heterocycles. The molecular formula is C11H24N2O2. The maximum atomic E-state index is 11.3. The minimum atomic E-state index is -1.27. The van der Waals surface area contributed by atoms with Gasteiger partial charge in [0.1, 0.15) is 5.60 Å². The third-order valence-electron chi connectivity index (χ3n) is 2.39. The van der Waals surface area contributed by atoms with E-state index in [4.69, 9.17) is 0 Å². The molecule has 0 rings (SSSR count). The van der Waals surface area contributed by atoms with E-state index in [1.165, 1.54) is 13.8 Å². The van der Waals surface area contributed by atoms with Crippen LogP contribution in [0.1, 0.15) is 34.1 Å². The molecule has 0 atom stereocenters. The quantitative estimate of drug-likeness (QED) is 0.613. The first-order chi connectivity index (χ1) is 6.91. The Morgan fingerprint density at radius 1 is 1.33 bits per heavy atom. The van der Waals surface area contributed by atoms with Gasteiger partial charge in [-0.25, -0.2) is 0 Å². The van der Waals surface area contributed by atoms with Gasteiger partial charge < -0.3 is 15.3 Å². The Bertz CT molecular complexity index is 184. The Hall–Kier alpha value is -0.610. The minimum absolute atomic E-state index is 0.304. The monoisotopic (exact) mass is 216 g/mol. The summed E-state index contributed by atoms with van der Waals surface area (Å²) in [4.78, 5) is 13.6. The number of carbonyl (C=O) groups is 1. The zero-order valence-corrected chi connectivity index (χ0v) is 10.3. The van der Waals surface area contributed by atoms with Crippen molar-refractivity contribution in [2.45, 2.75) is 39.7 Å². The SMILES string of the molecule is CCN(CC)CCCNC(=O)C(C)(C)O. The van der Waals surface area contributed by atoms with Crippen LogP contribution in [0.5, 0.6) is 0 Å². The molecule has 90 valence electrons. The number of carbonyl (C=O) groups excluding carboxylic acids is 1. The van der Waals surface area contributed by atoms with Crippen LogP contribution in [0.25, 0.3) is 0 Å². The summed E-state index contributed by atoms with van der Waals surface area (Å²) in [5, 5.41) is 12.1. The van der Waals surface area contributed by atoms with E-state index in [1.54, 1.807) is 0 Å². The van der Waals surface area contributed by atoms with Crippen molar-refractivity contribution >= 4 is 5.91 Å². The number of amides is 1. The van der Waals surface area contributed by atoms with Gasteiger partial charge in [0.25, 0.3) is 5.91 Å². The lowest BCUT2D eigenvalue weighted by molar-refractivity contribution is -0.136. The highest BCUT2D eigenvalue weighted by atomic mass is 16.3. The maximum Gasteiger partial charge on any atom is 0.251 e. The van der Waals surface area contributed by atoms with E-state index >= 15 is 0 Å². The van der Waals surface area contributed by atoms with Gasteiger partial charge in [-0.15, -0.1) is 0 Å². The summed E-state index contributed by atoms with van der Waals surface area (Å²) >= 11 is 0. The molecule has 0 fully saturated rings. The normalized spacial score (nSPS) is 11.9. The van der Waals surface area contributed by atoms with Gasteiger partial charge >= 0.3 is 0 Å². The Morgan fingerprint density at radius 2 is 1.87 bits per heavy atom. The summed E-state index contributed by atoms with van der Waals surface area (Å²) < 4.78 is 0. The second-order valence-corrected chi connectivity index (χ2v) is 4.20. The molecule has 0 aliphatic carbocycles. The smallest absolute Gasteiger partial charge is 0.251 e. The first-order valence-electron chi connectivity index (χ1n) is 5.64. The zero-order chi connectivity index (χ0) is 11.9. The fraction of sp³-hybridized carbons (Fsp3) is 0.909. The fourth-order valence-corrected chi connectivity index (χ4v) is 1.26. The van der Waals surface area contributed by atoms with E-state index in [1.807, 2.05) is 0 Å². The van der Waals surface area contributed by atoms with Crippen LogP contribution in [-0.2, 0) is 4.79 Å². The van der Waals surface area contributed by atoms with Crippen molar-refractivity contribution in [3.05, 3.63) is 0 Å². The highest BCUT2D eigenvalue weighted by molar-refractivity contribution is 5.83. The van der Waals surface area contributed by atoms with E-state index < -0.39 is 5.60 Å². The molecule has 0 aliphatic heterocycles. The molecule has 0 spiro atoms. The Kier molecular flexibility index (Phi) is 6.52. The topological polar surface area (TPSA) is 52.6 Å². The molecule has 2 N–H and O–H groups in total. The molecule has 0 aromatic carbocycles. The van der Waals surface area contributed by atoms with Crippen LogP contribution < -0.4 is 5.32 Å². The number of hydrogen-bond acceptors (Lipinski definition) is 3. The van der Waals surface area contributed by atoms with Gasteiger partial charge in [-0.1, -0.05) is 13.8 Å². The second kappa shape index (κ2) is 6.80. The zero-order valence-electron chi connectivity index (χ0n) is 10.3. The molecule has 15 heavy (non-hydrogen) atoms. The van der Waals surface area contributed by atoms with E-state index in [2.05, 4.69) is 24.1 Å². The van der Waals surface area contributed by atoms with E-state index in [9.17, 15) is 9.90 Å². The molecule has 0 saturated carbocycles. The molecule has 0 radical (unpaired) electrons. The first kappa shape index (κ1) is 14.4. The van der Waals surface area contributed by atoms with Crippen molar-refractivity contribution in [3.8, 4) is 0 Å². The molecule has 0 bridgehead atoms. The van der Waals surface area contributed by atoms with Crippen molar-refractivity contribution in [1.29, 1.82) is 0 Å². The largest absolute Gasteiger partial charge is 0.381 e. The average Bonchev–Trinajstić information content (AvgIpc) is 2.16. The molecule has 0 aromatic rings. The Labute approximate surface area is 92.7 Å². The molecule has 0 unspecified atom stereocenters. The highest BCUT2D eigenvalue weighted by Crippen LogP contribution is 1.99. The summed E-state index contributed by atoms with van der Waals surface area (Å²) in [6, 6.07) is 0. The lowest BCUT2D eigenvalue weighted by atomic mass is 10.1. The lowest BCUT2D eigenvalue weighted by Crippen LogP contribution is -2.42. The van der Waals surface area contributed by atoms with E-state index in [-0.39, 0.29) is 5.91 Å². The van der Waals surface area contributed by atoms with Gasteiger partial charge in [0, 0.05) is 6.54 Å². The molecular weight excluding hydrogens is 192 g/mol. The van der Waals surface area contributed by atoms with Crippen LogP contribution in [0.15, 0.2) is 0 Å². The third-order valence-corrected chi connectivity index (χ3v) is 2.39. The Balaban J connectivity index is 3.59. The first-order valence-corrected chi connectivity index (χ1v) is 5.64. The molecule has 4 heteroatoms. The molecule has 4 nitrogen and oxygen atoms in total. The number of rotatable bonds is 7. The Morgan fingerprint density at radius 3 is 2.27 bits per heavy atom. The van der Waals surface area contributed by atoms with Gasteiger partial charge in [-0.05, 0) is 39.9 Å². The van der Waals surface area contributed by atoms with E-state index in [0.717, 1.165) is 26.1 Å². The number of hydrogen-bond donors (Lipinski definition) is 2. The standard InChI is InChI=1S/C11H24N2O2/c1-5-13(6-2)9-7-8-12-10(14)11(3,4)15/h15H,5-9H2,1-4H3,(H,12,14). The van der Waals surface area contributed by atoms with Crippen LogP contribution in [0.3, 0.4) is 0 Å². The van der Waals surface area contributed by atoms with Crippen molar-refractivity contribution in [2.75, 3.05) is 26.2 Å². The van der Waals surface area contributed by atoms with Gasteiger partial charge in [-0.2, -0.15) is 0 Å². The van der Waals surface area contributed by atoms with Crippen LogP contribution in [0.2, 0.25) is 0 Å². The summed E-state index contributed by atoms with van der Waals surface area (Å²) in [5.74, 6) is -0.304. The highest BCUT2D eigenvalue weighted by Gasteiger charge is 2.22. The number of nitrogens with zero attached hydrogens (tertiary/aromatic N) is 1. The van der Waals surface area contributed by atoms with Crippen LogP contribution in [0.4, 0.5) is 0 Å². The fourth-order valence-electron chi connectivity index (χ4n) is 1.26. The predicted molar refractivity (Wildman–Crippen MR) is 61.7 cm³/mol. The van der Waals surface area contributed by atoms with Gasteiger partial charge in [-0.3, -0.25) is 4.79 Å². The van der Waals surface area contributed by atoms with Gasteiger partial charge in [0.05, 0.1) is 0 Å². The summed E-state index contributed by atoms with van der Waals surface area (Å²) in [6.45, 7) is 10.9. The maximum absolute atomic E-state index is 11.3.